The highest BCUT2D eigenvalue weighted by Crippen LogP contribution is 2.28. The zero-order chi connectivity index (χ0) is 21.9. The van der Waals surface area contributed by atoms with Crippen LogP contribution in [-0.4, -0.2) is 44.4 Å². The SMILES string of the molecule is COc1ccc(-c2nnc(NC(=O)CN(c3ccc(F)cc3F)S(C)(=O)=O)s2)cc1. The van der Waals surface area contributed by atoms with Gasteiger partial charge in [0.1, 0.15) is 28.9 Å². The molecule has 3 aromatic rings. The maximum absolute atomic E-state index is 14.0. The number of benzene rings is 2. The summed E-state index contributed by atoms with van der Waals surface area (Å²) in [5.74, 6) is -2.06. The highest BCUT2D eigenvalue weighted by Gasteiger charge is 2.24. The third-order valence-electron chi connectivity index (χ3n) is 3.87. The van der Waals surface area contributed by atoms with Crippen LogP contribution in [0.4, 0.5) is 19.6 Å². The summed E-state index contributed by atoms with van der Waals surface area (Å²) in [6.07, 6.45) is 0.815. The van der Waals surface area contributed by atoms with Crippen LogP contribution in [0.25, 0.3) is 10.6 Å². The highest BCUT2D eigenvalue weighted by molar-refractivity contribution is 7.92. The smallest absolute Gasteiger partial charge is 0.246 e. The second-order valence-corrected chi connectivity index (χ2v) is 8.94. The van der Waals surface area contributed by atoms with E-state index in [9.17, 15) is 22.0 Å². The van der Waals surface area contributed by atoms with Gasteiger partial charge in [-0.25, -0.2) is 17.2 Å². The van der Waals surface area contributed by atoms with Crippen molar-refractivity contribution >= 4 is 38.1 Å². The van der Waals surface area contributed by atoms with Gasteiger partial charge in [-0.15, -0.1) is 10.2 Å². The molecule has 1 aromatic heterocycles. The molecule has 3 rings (SSSR count). The highest BCUT2D eigenvalue weighted by atomic mass is 32.2. The van der Waals surface area contributed by atoms with Crippen LogP contribution in [0.15, 0.2) is 42.5 Å². The van der Waals surface area contributed by atoms with Gasteiger partial charge in [0.2, 0.25) is 21.1 Å². The lowest BCUT2D eigenvalue weighted by molar-refractivity contribution is -0.114. The Bertz CT molecular complexity index is 1170. The summed E-state index contributed by atoms with van der Waals surface area (Å²) >= 11 is 1.08. The van der Waals surface area contributed by atoms with Crippen molar-refractivity contribution in [3.63, 3.8) is 0 Å². The molecular weight excluding hydrogens is 438 g/mol. The number of halogens is 2. The maximum Gasteiger partial charge on any atom is 0.246 e. The number of carbonyl (C=O) groups excluding carboxylic acids is 1. The molecule has 0 saturated carbocycles. The van der Waals surface area contributed by atoms with Crippen LogP contribution in [0, 0.1) is 11.6 Å². The summed E-state index contributed by atoms with van der Waals surface area (Å²) in [6, 6.07) is 9.43. The minimum atomic E-state index is -4.02. The van der Waals surface area contributed by atoms with Crippen molar-refractivity contribution in [3.05, 3.63) is 54.1 Å². The molecule has 0 aliphatic heterocycles. The van der Waals surface area contributed by atoms with E-state index in [2.05, 4.69) is 15.5 Å². The Morgan fingerprint density at radius 2 is 1.87 bits per heavy atom. The second-order valence-electron chi connectivity index (χ2n) is 6.05. The van der Waals surface area contributed by atoms with Gasteiger partial charge in [-0.1, -0.05) is 11.3 Å². The lowest BCUT2D eigenvalue weighted by Crippen LogP contribution is -2.38. The topological polar surface area (TPSA) is 101 Å². The Balaban J connectivity index is 1.75. The van der Waals surface area contributed by atoms with Crippen LogP contribution in [-0.2, 0) is 14.8 Å². The molecule has 0 spiro atoms. The van der Waals surface area contributed by atoms with E-state index in [4.69, 9.17) is 4.74 Å². The maximum atomic E-state index is 14.0. The standard InChI is InChI=1S/C18H16F2N4O4S2/c1-28-13-6-3-11(4-7-13)17-22-23-18(29-17)21-16(25)10-24(30(2,26)27)15-8-5-12(19)9-14(15)20/h3-9H,10H2,1-2H3,(H,21,23,25). The Hall–Kier alpha value is -3.12. The number of carbonyl (C=O) groups is 1. The largest absolute Gasteiger partial charge is 0.497 e. The molecule has 1 N–H and O–H groups in total. The van der Waals surface area contributed by atoms with E-state index in [0.29, 0.717) is 21.1 Å². The zero-order valence-electron chi connectivity index (χ0n) is 15.8. The van der Waals surface area contributed by atoms with Gasteiger partial charge in [0.25, 0.3) is 0 Å². The zero-order valence-corrected chi connectivity index (χ0v) is 17.4. The average molecular weight is 454 g/mol. The molecule has 0 radical (unpaired) electrons. The van der Waals surface area contributed by atoms with Crippen molar-refractivity contribution in [1.82, 2.24) is 10.2 Å². The van der Waals surface area contributed by atoms with Crippen LogP contribution in [0.2, 0.25) is 0 Å². The van der Waals surface area contributed by atoms with E-state index in [0.717, 1.165) is 35.3 Å². The fourth-order valence-electron chi connectivity index (χ4n) is 2.48. The van der Waals surface area contributed by atoms with Crippen molar-refractivity contribution in [2.45, 2.75) is 0 Å². The predicted octanol–water partition coefficient (Wildman–Crippen LogP) is 2.90. The van der Waals surface area contributed by atoms with Gasteiger partial charge < -0.3 is 4.74 Å². The van der Waals surface area contributed by atoms with Crippen molar-refractivity contribution in [3.8, 4) is 16.3 Å². The lowest BCUT2D eigenvalue weighted by atomic mass is 10.2. The fraction of sp³-hybridized carbons (Fsp3) is 0.167. The minimum absolute atomic E-state index is 0.138. The van der Waals surface area contributed by atoms with E-state index in [1.807, 2.05) is 0 Å². The molecule has 0 unspecified atom stereocenters. The Labute approximate surface area is 175 Å². The van der Waals surface area contributed by atoms with Gasteiger partial charge in [-0.05, 0) is 36.4 Å². The van der Waals surface area contributed by atoms with Gasteiger partial charge in [0.05, 0.1) is 19.1 Å². The van der Waals surface area contributed by atoms with Gasteiger partial charge in [0.15, 0.2) is 0 Å². The average Bonchev–Trinajstić information content (AvgIpc) is 3.14. The molecule has 0 saturated heterocycles. The molecule has 30 heavy (non-hydrogen) atoms. The first-order chi connectivity index (χ1) is 14.2. The monoisotopic (exact) mass is 454 g/mol. The first kappa shape index (κ1) is 21.6. The van der Waals surface area contributed by atoms with E-state index < -0.39 is 39.8 Å². The Kier molecular flexibility index (Phi) is 6.27. The number of hydrogen-bond donors (Lipinski definition) is 1. The third-order valence-corrected chi connectivity index (χ3v) is 5.89. The molecule has 0 atom stereocenters. The number of sulfonamides is 1. The van der Waals surface area contributed by atoms with Crippen LogP contribution in [0.3, 0.4) is 0 Å². The molecule has 8 nitrogen and oxygen atoms in total. The van der Waals surface area contributed by atoms with E-state index >= 15 is 0 Å². The van der Waals surface area contributed by atoms with Crippen LogP contribution >= 0.6 is 11.3 Å². The van der Waals surface area contributed by atoms with E-state index in [-0.39, 0.29) is 5.13 Å². The summed E-state index contributed by atoms with van der Waals surface area (Å²) < 4.78 is 56.9. The van der Waals surface area contributed by atoms with Gasteiger partial charge in [0, 0.05) is 11.6 Å². The molecule has 0 aliphatic rings. The number of aromatic nitrogens is 2. The van der Waals surface area contributed by atoms with Gasteiger partial charge in [-0.2, -0.15) is 0 Å². The number of ether oxygens (including phenoxy) is 1. The van der Waals surface area contributed by atoms with E-state index in [1.165, 1.54) is 0 Å². The summed E-state index contributed by atoms with van der Waals surface area (Å²) in [5.41, 5.74) is 0.310. The molecule has 1 heterocycles. The second kappa shape index (κ2) is 8.71. The third kappa shape index (κ3) is 5.07. The Morgan fingerprint density at radius 1 is 1.17 bits per heavy atom. The number of amides is 1. The summed E-state index contributed by atoms with van der Waals surface area (Å²) in [5, 5.41) is 10.9. The molecule has 0 aliphatic carbocycles. The normalized spacial score (nSPS) is 11.2. The number of nitrogens with one attached hydrogen (secondary N) is 1. The van der Waals surface area contributed by atoms with Crippen LogP contribution in [0.1, 0.15) is 0 Å². The van der Waals surface area contributed by atoms with Crippen molar-refractivity contribution in [1.29, 1.82) is 0 Å². The molecule has 12 heteroatoms. The van der Waals surface area contributed by atoms with Crippen LogP contribution < -0.4 is 14.4 Å². The minimum Gasteiger partial charge on any atom is -0.497 e. The lowest BCUT2D eigenvalue weighted by Gasteiger charge is -2.22. The fourth-order valence-corrected chi connectivity index (χ4v) is 4.10. The molecule has 1 amide bonds. The summed E-state index contributed by atoms with van der Waals surface area (Å²) in [7, 11) is -2.47. The number of rotatable bonds is 7. The van der Waals surface area contributed by atoms with Gasteiger partial charge in [-0.3, -0.25) is 14.4 Å². The first-order valence-corrected chi connectivity index (χ1v) is 11.0. The molecule has 158 valence electrons. The van der Waals surface area contributed by atoms with Crippen molar-refractivity contribution in [2.75, 3.05) is 29.5 Å². The quantitative estimate of drug-likeness (QED) is 0.589. The number of anilines is 2. The predicted molar refractivity (Wildman–Crippen MR) is 109 cm³/mol. The molecule has 0 bridgehead atoms. The first-order valence-electron chi connectivity index (χ1n) is 8.38. The van der Waals surface area contributed by atoms with Crippen molar-refractivity contribution in [2.24, 2.45) is 0 Å². The molecule has 2 aromatic carbocycles. The summed E-state index contributed by atoms with van der Waals surface area (Å²) in [4.78, 5) is 12.4. The Morgan fingerprint density at radius 3 is 2.47 bits per heavy atom. The number of hydrogen-bond acceptors (Lipinski definition) is 7. The van der Waals surface area contributed by atoms with Crippen molar-refractivity contribution < 1.29 is 26.7 Å². The molecule has 0 fully saturated rings. The molecular formula is C18H16F2N4O4S2. The van der Waals surface area contributed by atoms with Crippen LogP contribution in [0.5, 0.6) is 5.75 Å². The van der Waals surface area contributed by atoms with E-state index in [1.54, 1.807) is 31.4 Å². The summed E-state index contributed by atoms with van der Waals surface area (Å²) in [6.45, 7) is -0.723. The van der Waals surface area contributed by atoms with Gasteiger partial charge >= 0.3 is 0 Å². The number of methoxy groups -OCH3 is 1. The number of nitrogens with zero attached hydrogens (tertiary/aromatic N) is 3.